The number of nitrogens with one attached hydrogen (secondary N) is 1. The monoisotopic (exact) mass is 553 g/mol. The number of amides is 1. The van der Waals surface area contributed by atoms with E-state index in [2.05, 4.69) is 10.2 Å². The molecule has 39 heavy (non-hydrogen) atoms. The van der Waals surface area contributed by atoms with Crippen molar-refractivity contribution in [1.82, 2.24) is 15.2 Å². The van der Waals surface area contributed by atoms with Gasteiger partial charge in [-0.1, -0.05) is 24.3 Å². The number of hydrogen-bond donors (Lipinski definition) is 1. The molecule has 0 bridgehead atoms. The van der Waals surface area contributed by atoms with Crippen molar-refractivity contribution >= 4 is 33.4 Å². The van der Waals surface area contributed by atoms with Gasteiger partial charge in [-0.3, -0.25) is 9.59 Å². The Labute approximate surface area is 234 Å². The number of carbonyl (C=O) groups is 2. The SMILES string of the molecule is COc1cc2sc(CNC(=O)C3(CC(=O)OC(C)(C)C)Cc4ccccc4C3)nc2cc1OCCCN(C)C. The fourth-order valence-corrected chi connectivity index (χ4v) is 5.87. The molecule has 1 aliphatic rings. The second-order valence-corrected chi connectivity index (χ2v) is 12.5. The molecule has 0 atom stereocenters. The molecule has 0 radical (unpaired) electrons. The number of thiazole rings is 1. The molecule has 9 heteroatoms. The average Bonchev–Trinajstić information content (AvgIpc) is 3.43. The molecule has 1 amide bonds. The summed E-state index contributed by atoms with van der Waals surface area (Å²) in [6.45, 7) is 7.29. The molecule has 1 aliphatic carbocycles. The predicted octanol–water partition coefficient (Wildman–Crippen LogP) is 4.77. The van der Waals surface area contributed by atoms with Crippen molar-refractivity contribution in [3.63, 3.8) is 0 Å². The highest BCUT2D eigenvalue weighted by Crippen LogP contribution is 2.41. The molecule has 0 saturated carbocycles. The van der Waals surface area contributed by atoms with Crippen molar-refractivity contribution in [2.24, 2.45) is 5.41 Å². The summed E-state index contributed by atoms with van der Waals surface area (Å²) in [4.78, 5) is 33.4. The molecule has 1 heterocycles. The van der Waals surface area contributed by atoms with Crippen LogP contribution in [0.5, 0.6) is 11.5 Å². The Balaban J connectivity index is 1.48. The molecule has 0 unspecified atom stereocenters. The summed E-state index contributed by atoms with van der Waals surface area (Å²) in [5.74, 6) is 0.790. The minimum absolute atomic E-state index is 0.0242. The van der Waals surface area contributed by atoms with Gasteiger partial charge >= 0.3 is 5.97 Å². The van der Waals surface area contributed by atoms with Crippen molar-refractivity contribution in [3.05, 3.63) is 52.5 Å². The van der Waals surface area contributed by atoms with Crippen molar-refractivity contribution in [2.75, 3.05) is 34.4 Å². The van der Waals surface area contributed by atoms with Crippen molar-refractivity contribution < 1.29 is 23.8 Å². The van der Waals surface area contributed by atoms with Crippen LogP contribution in [-0.4, -0.2) is 61.7 Å². The molecule has 2 aromatic carbocycles. The standard InChI is InChI=1S/C30H39N3O5S/c1-29(2,3)38-27(34)18-30(16-20-10-7-8-11-21(20)17-30)28(35)31-19-26-32-22-14-24(37-13-9-12-33(4)5)23(36-6)15-25(22)39-26/h7-8,10-11,14-15H,9,12-13,16-19H2,1-6H3,(H,31,35). The summed E-state index contributed by atoms with van der Waals surface area (Å²) >= 11 is 1.50. The summed E-state index contributed by atoms with van der Waals surface area (Å²) in [5, 5.41) is 3.85. The van der Waals surface area contributed by atoms with Gasteiger partial charge in [-0.05, 0) is 65.3 Å². The molecular formula is C30H39N3O5S. The number of carbonyl (C=O) groups excluding carboxylic acids is 2. The lowest BCUT2D eigenvalue weighted by molar-refractivity contribution is -0.160. The maximum Gasteiger partial charge on any atom is 0.307 e. The van der Waals surface area contributed by atoms with Crippen LogP contribution in [0.3, 0.4) is 0 Å². The average molecular weight is 554 g/mol. The van der Waals surface area contributed by atoms with E-state index in [1.165, 1.54) is 11.3 Å². The molecular weight excluding hydrogens is 514 g/mol. The third-order valence-electron chi connectivity index (χ3n) is 6.69. The normalized spacial score (nSPS) is 14.3. The molecule has 8 nitrogen and oxygen atoms in total. The van der Waals surface area contributed by atoms with Crippen LogP contribution in [0, 0.1) is 5.41 Å². The number of ether oxygens (including phenoxy) is 3. The first-order valence-corrected chi connectivity index (χ1v) is 14.1. The van der Waals surface area contributed by atoms with Gasteiger partial charge in [-0.15, -0.1) is 11.3 Å². The maximum atomic E-state index is 13.7. The molecule has 1 N–H and O–H groups in total. The first kappa shape index (κ1) is 28.8. The Kier molecular flexibility index (Phi) is 8.81. The van der Waals surface area contributed by atoms with Gasteiger partial charge < -0.3 is 24.4 Å². The van der Waals surface area contributed by atoms with Gasteiger partial charge in [-0.25, -0.2) is 4.98 Å². The van der Waals surface area contributed by atoms with Crippen LogP contribution in [-0.2, 0) is 33.7 Å². The van der Waals surface area contributed by atoms with Crippen molar-refractivity contribution in [1.29, 1.82) is 0 Å². The Hall–Kier alpha value is -3.17. The van der Waals surface area contributed by atoms with Crippen molar-refractivity contribution in [2.45, 2.75) is 58.6 Å². The zero-order chi connectivity index (χ0) is 28.2. The Morgan fingerprint density at radius 1 is 1.10 bits per heavy atom. The van der Waals surface area contributed by atoms with Crippen LogP contribution in [0.4, 0.5) is 0 Å². The van der Waals surface area contributed by atoms with E-state index in [1.54, 1.807) is 7.11 Å². The lowest BCUT2D eigenvalue weighted by Crippen LogP contribution is -2.44. The molecule has 0 aliphatic heterocycles. The number of hydrogen-bond acceptors (Lipinski definition) is 8. The van der Waals surface area contributed by atoms with E-state index in [1.807, 2.05) is 71.3 Å². The summed E-state index contributed by atoms with van der Waals surface area (Å²) in [6, 6.07) is 11.8. The van der Waals surface area contributed by atoms with Crippen LogP contribution in [0.2, 0.25) is 0 Å². The molecule has 0 spiro atoms. The van der Waals surface area contributed by atoms with E-state index < -0.39 is 11.0 Å². The van der Waals surface area contributed by atoms with Gasteiger partial charge in [0.15, 0.2) is 11.5 Å². The van der Waals surface area contributed by atoms with E-state index in [9.17, 15) is 9.59 Å². The lowest BCUT2D eigenvalue weighted by Gasteiger charge is -2.28. The number of methoxy groups -OCH3 is 1. The van der Waals surface area contributed by atoms with Gasteiger partial charge in [0, 0.05) is 18.7 Å². The fraction of sp³-hybridized carbons (Fsp3) is 0.500. The number of esters is 1. The highest BCUT2D eigenvalue weighted by molar-refractivity contribution is 7.18. The summed E-state index contributed by atoms with van der Waals surface area (Å²) in [5.41, 5.74) is 1.49. The van der Waals surface area contributed by atoms with Crippen LogP contribution < -0.4 is 14.8 Å². The lowest BCUT2D eigenvalue weighted by atomic mass is 9.80. The molecule has 0 saturated heterocycles. The second-order valence-electron chi connectivity index (χ2n) is 11.4. The van der Waals surface area contributed by atoms with Crippen LogP contribution >= 0.6 is 11.3 Å². The smallest absolute Gasteiger partial charge is 0.307 e. The summed E-state index contributed by atoms with van der Waals surface area (Å²) in [6.07, 6.45) is 1.92. The van der Waals surface area contributed by atoms with Crippen LogP contribution in [0.25, 0.3) is 10.2 Å². The number of benzene rings is 2. The van der Waals surface area contributed by atoms with E-state index in [0.717, 1.165) is 39.3 Å². The highest BCUT2D eigenvalue weighted by Gasteiger charge is 2.46. The van der Waals surface area contributed by atoms with E-state index in [0.29, 0.717) is 30.9 Å². The minimum atomic E-state index is -0.889. The molecule has 4 rings (SSSR count). The highest BCUT2D eigenvalue weighted by atomic mass is 32.1. The maximum absolute atomic E-state index is 13.7. The zero-order valence-corrected chi connectivity index (χ0v) is 24.6. The molecule has 3 aromatic rings. The molecule has 210 valence electrons. The van der Waals surface area contributed by atoms with Gasteiger partial charge in [-0.2, -0.15) is 0 Å². The number of nitrogens with zero attached hydrogens (tertiary/aromatic N) is 2. The predicted molar refractivity (Wildman–Crippen MR) is 153 cm³/mol. The number of aromatic nitrogens is 1. The van der Waals surface area contributed by atoms with Gasteiger partial charge in [0.1, 0.15) is 10.6 Å². The first-order valence-electron chi connectivity index (χ1n) is 13.3. The van der Waals surface area contributed by atoms with E-state index in [4.69, 9.17) is 19.2 Å². The largest absolute Gasteiger partial charge is 0.493 e. The van der Waals surface area contributed by atoms with Gasteiger partial charge in [0.2, 0.25) is 5.91 Å². The van der Waals surface area contributed by atoms with Crippen LogP contribution in [0.1, 0.15) is 49.7 Å². The Bertz CT molecular complexity index is 1300. The second kappa shape index (κ2) is 11.9. The number of fused-ring (bicyclic) bond motifs is 2. The first-order chi connectivity index (χ1) is 18.5. The Morgan fingerprint density at radius 3 is 2.41 bits per heavy atom. The van der Waals surface area contributed by atoms with E-state index >= 15 is 0 Å². The van der Waals surface area contributed by atoms with Gasteiger partial charge in [0.25, 0.3) is 0 Å². The Morgan fingerprint density at radius 2 is 1.79 bits per heavy atom. The molecule has 0 fully saturated rings. The fourth-order valence-electron chi connectivity index (χ4n) is 4.95. The summed E-state index contributed by atoms with van der Waals surface area (Å²) in [7, 11) is 5.69. The van der Waals surface area contributed by atoms with E-state index in [-0.39, 0.29) is 24.8 Å². The summed E-state index contributed by atoms with van der Waals surface area (Å²) < 4.78 is 18.1. The third kappa shape index (κ3) is 7.28. The molecule has 1 aromatic heterocycles. The number of rotatable bonds is 11. The quantitative estimate of drug-likeness (QED) is 0.270. The topological polar surface area (TPSA) is 90.0 Å². The minimum Gasteiger partial charge on any atom is -0.493 e. The zero-order valence-electron chi connectivity index (χ0n) is 23.8. The van der Waals surface area contributed by atoms with Gasteiger partial charge in [0.05, 0.1) is 42.3 Å². The van der Waals surface area contributed by atoms with Crippen molar-refractivity contribution in [3.8, 4) is 11.5 Å². The van der Waals surface area contributed by atoms with Crippen LogP contribution in [0.15, 0.2) is 36.4 Å². The third-order valence-corrected chi connectivity index (χ3v) is 7.70.